The zero-order valence-corrected chi connectivity index (χ0v) is 22.9. The fourth-order valence-electron chi connectivity index (χ4n) is 5.76. The lowest BCUT2D eigenvalue weighted by atomic mass is 9.91. The first kappa shape index (κ1) is 30.3. The van der Waals surface area contributed by atoms with Gasteiger partial charge in [-0.15, -0.1) is 0 Å². The maximum Gasteiger partial charge on any atom is 0.416 e. The number of nitrogens with one attached hydrogen (secondary N) is 2. The molecule has 1 aromatic carbocycles. The van der Waals surface area contributed by atoms with Gasteiger partial charge in [-0.05, 0) is 61.8 Å². The first-order valence-electron chi connectivity index (χ1n) is 14.0. The highest BCUT2D eigenvalue weighted by Gasteiger charge is 2.45. The highest BCUT2D eigenvalue weighted by atomic mass is 19.4. The minimum absolute atomic E-state index is 0.108. The largest absolute Gasteiger partial charge is 0.416 e. The SMILES string of the molecule is CO[C@H]1CN[C@@H](C(=O)N(c2ccc(C3CC3)cc2F)C(C(=O)NC2CCC(F)(F)CC2)c2cnccc2C(F)(F)F)C1. The van der Waals surface area contributed by atoms with Crippen molar-refractivity contribution in [3.05, 3.63) is 59.2 Å². The summed E-state index contributed by atoms with van der Waals surface area (Å²) < 4.78 is 91.5. The van der Waals surface area contributed by atoms with Crippen LogP contribution in [-0.4, -0.2) is 54.6 Å². The van der Waals surface area contributed by atoms with E-state index in [4.69, 9.17) is 4.74 Å². The Hall–Kier alpha value is -3.19. The van der Waals surface area contributed by atoms with Crippen LogP contribution in [0.4, 0.5) is 32.0 Å². The van der Waals surface area contributed by atoms with Gasteiger partial charge in [-0.2, -0.15) is 13.2 Å². The number of halogens is 6. The van der Waals surface area contributed by atoms with Crippen LogP contribution >= 0.6 is 0 Å². The fourth-order valence-corrected chi connectivity index (χ4v) is 5.76. The van der Waals surface area contributed by atoms with Crippen molar-refractivity contribution in [2.45, 2.75) is 87.2 Å². The second-order valence-corrected chi connectivity index (χ2v) is 11.2. The van der Waals surface area contributed by atoms with E-state index < -0.39 is 71.8 Å². The van der Waals surface area contributed by atoms with Crippen LogP contribution in [0.1, 0.15) is 73.6 Å². The summed E-state index contributed by atoms with van der Waals surface area (Å²) in [5.41, 5.74) is -1.58. The smallest absolute Gasteiger partial charge is 0.380 e. The summed E-state index contributed by atoms with van der Waals surface area (Å²) >= 11 is 0. The minimum atomic E-state index is -4.94. The molecule has 7 nitrogen and oxygen atoms in total. The molecule has 3 atom stereocenters. The normalized spacial score (nSPS) is 23.4. The Morgan fingerprint density at radius 2 is 1.86 bits per heavy atom. The average Bonchev–Trinajstić information content (AvgIpc) is 3.68. The summed E-state index contributed by atoms with van der Waals surface area (Å²) in [6.45, 7) is 0.262. The van der Waals surface area contributed by atoms with E-state index in [0.717, 1.165) is 30.1 Å². The minimum Gasteiger partial charge on any atom is -0.380 e. The molecule has 1 aliphatic heterocycles. The predicted molar refractivity (Wildman–Crippen MR) is 140 cm³/mol. The molecule has 2 saturated carbocycles. The molecule has 3 fully saturated rings. The highest BCUT2D eigenvalue weighted by molar-refractivity contribution is 6.04. The van der Waals surface area contributed by atoms with Crippen LogP contribution in [0.3, 0.4) is 0 Å². The number of rotatable bonds is 8. The molecule has 1 unspecified atom stereocenters. The Morgan fingerprint density at radius 3 is 2.45 bits per heavy atom. The van der Waals surface area contributed by atoms with Crippen molar-refractivity contribution in [2.24, 2.45) is 0 Å². The number of aromatic nitrogens is 1. The number of amides is 2. The molecule has 2 aromatic rings. The number of ether oxygens (including phenoxy) is 1. The second kappa shape index (κ2) is 11.8. The molecule has 2 N–H and O–H groups in total. The maximum atomic E-state index is 15.8. The number of benzene rings is 1. The lowest BCUT2D eigenvalue weighted by molar-refractivity contribution is -0.139. The van der Waals surface area contributed by atoms with E-state index in [2.05, 4.69) is 15.6 Å². The van der Waals surface area contributed by atoms with Crippen molar-refractivity contribution in [3.63, 3.8) is 0 Å². The quantitative estimate of drug-likeness (QED) is 0.405. The Bertz CT molecular complexity index is 1310. The van der Waals surface area contributed by atoms with Gasteiger partial charge in [0.1, 0.15) is 11.9 Å². The third-order valence-electron chi connectivity index (χ3n) is 8.26. The topological polar surface area (TPSA) is 83.6 Å². The fraction of sp³-hybridized carbons (Fsp3) is 0.552. The molecule has 1 aromatic heterocycles. The van der Waals surface area contributed by atoms with Crippen LogP contribution in [0, 0.1) is 5.82 Å². The van der Waals surface area contributed by atoms with Gasteiger partial charge < -0.3 is 15.4 Å². The Labute approximate surface area is 239 Å². The zero-order valence-electron chi connectivity index (χ0n) is 22.9. The Morgan fingerprint density at radius 1 is 1.14 bits per heavy atom. The lowest BCUT2D eigenvalue weighted by Crippen LogP contribution is -2.52. The third-order valence-corrected chi connectivity index (χ3v) is 8.26. The number of hydrogen-bond acceptors (Lipinski definition) is 5. The Kier molecular flexibility index (Phi) is 8.53. The van der Waals surface area contributed by atoms with E-state index in [1.807, 2.05) is 0 Å². The number of carbonyl (C=O) groups excluding carboxylic acids is 2. The lowest BCUT2D eigenvalue weighted by Gasteiger charge is -2.36. The molecule has 0 spiro atoms. The van der Waals surface area contributed by atoms with Gasteiger partial charge >= 0.3 is 6.18 Å². The number of pyridine rings is 1. The molecule has 1 saturated heterocycles. The van der Waals surface area contributed by atoms with Gasteiger partial charge in [0, 0.05) is 50.5 Å². The molecule has 2 amide bonds. The number of anilines is 1. The van der Waals surface area contributed by atoms with Crippen LogP contribution < -0.4 is 15.5 Å². The zero-order chi connectivity index (χ0) is 30.2. The van der Waals surface area contributed by atoms with Crippen molar-refractivity contribution < 1.29 is 40.7 Å². The summed E-state index contributed by atoms with van der Waals surface area (Å²) in [5, 5.41) is 5.54. The van der Waals surface area contributed by atoms with E-state index in [1.165, 1.54) is 19.2 Å². The molecule has 0 bridgehead atoms. The molecule has 13 heteroatoms. The van der Waals surface area contributed by atoms with Gasteiger partial charge in [0.2, 0.25) is 17.7 Å². The molecule has 0 radical (unpaired) electrons. The van der Waals surface area contributed by atoms with Crippen molar-refractivity contribution >= 4 is 17.5 Å². The molecule has 228 valence electrons. The summed E-state index contributed by atoms with van der Waals surface area (Å²) in [4.78, 5) is 32.6. The van der Waals surface area contributed by atoms with E-state index in [-0.39, 0.29) is 43.5 Å². The summed E-state index contributed by atoms with van der Waals surface area (Å²) in [7, 11) is 1.45. The van der Waals surface area contributed by atoms with Crippen LogP contribution in [0.2, 0.25) is 0 Å². The van der Waals surface area contributed by atoms with Crippen LogP contribution in [0.15, 0.2) is 36.7 Å². The Balaban J connectivity index is 1.61. The molecule has 2 aliphatic carbocycles. The second-order valence-electron chi connectivity index (χ2n) is 11.2. The summed E-state index contributed by atoms with van der Waals surface area (Å²) in [6, 6.07) is 1.05. The first-order valence-corrected chi connectivity index (χ1v) is 14.0. The third kappa shape index (κ3) is 6.56. The molecule has 2 heterocycles. The molecule has 5 rings (SSSR count). The van der Waals surface area contributed by atoms with Gasteiger partial charge in [-0.3, -0.25) is 19.5 Å². The van der Waals surface area contributed by atoms with Crippen LogP contribution in [-0.2, 0) is 20.5 Å². The molecule has 3 aliphatic rings. The molecule has 42 heavy (non-hydrogen) atoms. The first-order chi connectivity index (χ1) is 19.9. The van der Waals surface area contributed by atoms with Crippen molar-refractivity contribution in [1.82, 2.24) is 15.6 Å². The van der Waals surface area contributed by atoms with Gasteiger partial charge in [-0.25, -0.2) is 13.2 Å². The highest BCUT2D eigenvalue weighted by Crippen LogP contribution is 2.43. The van der Waals surface area contributed by atoms with Crippen LogP contribution in [0.25, 0.3) is 0 Å². The number of alkyl halides is 5. The van der Waals surface area contributed by atoms with Gasteiger partial charge in [-0.1, -0.05) is 6.07 Å². The van der Waals surface area contributed by atoms with Crippen molar-refractivity contribution in [3.8, 4) is 0 Å². The number of methoxy groups -OCH3 is 1. The van der Waals surface area contributed by atoms with Gasteiger partial charge in [0.15, 0.2) is 0 Å². The van der Waals surface area contributed by atoms with E-state index in [0.29, 0.717) is 11.6 Å². The maximum absolute atomic E-state index is 15.8. The van der Waals surface area contributed by atoms with Crippen molar-refractivity contribution in [1.29, 1.82) is 0 Å². The van der Waals surface area contributed by atoms with Gasteiger partial charge in [0.05, 0.1) is 23.4 Å². The average molecular weight is 599 g/mol. The standard InChI is InChI=1S/C29H32F6N4O3/c1-42-19-13-23(37-14-19)27(41)39(24-5-4-17(12-22(24)30)16-2-3-16)25(20-15-36-11-8-21(20)29(33,34)35)26(40)38-18-6-9-28(31,32)10-7-18/h4-5,8,11-12,15-16,18-19,23,25,37H,2-3,6-7,9-10,13-14H2,1H3,(H,38,40)/t19-,23-,25?/m1/s1. The molecular formula is C29H32F6N4O3. The summed E-state index contributed by atoms with van der Waals surface area (Å²) in [6.07, 6.45) is -2.96. The van der Waals surface area contributed by atoms with E-state index >= 15 is 4.39 Å². The van der Waals surface area contributed by atoms with Crippen LogP contribution in [0.5, 0.6) is 0 Å². The van der Waals surface area contributed by atoms with Crippen molar-refractivity contribution in [2.75, 3.05) is 18.6 Å². The number of carbonyl (C=O) groups is 2. The predicted octanol–water partition coefficient (Wildman–Crippen LogP) is 5.26. The number of hydrogen-bond donors (Lipinski definition) is 2. The number of nitrogens with zero attached hydrogens (tertiary/aromatic N) is 2. The summed E-state index contributed by atoms with van der Waals surface area (Å²) in [5.74, 6) is -5.52. The van der Waals surface area contributed by atoms with Gasteiger partial charge in [0.25, 0.3) is 0 Å². The molecular weight excluding hydrogens is 566 g/mol. The monoisotopic (exact) mass is 598 g/mol. The van der Waals surface area contributed by atoms with E-state index in [9.17, 15) is 31.5 Å². The van der Waals surface area contributed by atoms with E-state index in [1.54, 1.807) is 6.07 Å².